The average Bonchev–Trinajstić information content (AvgIpc) is 3.49. The van der Waals surface area contributed by atoms with E-state index in [2.05, 4.69) is 28.9 Å². The molecule has 256 valence electrons. The van der Waals surface area contributed by atoms with E-state index in [0.717, 1.165) is 35.3 Å². The molecule has 1 atom stereocenters. The van der Waals surface area contributed by atoms with Crippen LogP contribution >= 0.6 is 23.1 Å². The van der Waals surface area contributed by atoms with Crippen molar-refractivity contribution in [2.45, 2.75) is 37.7 Å². The van der Waals surface area contributed by atoms with Gasteiger partial charge in [-0.15, -0.1) is 23.1 Å². The van der Waals surface area contributed by atoms with Gasteiger partial charge in [-0.05, 0) is 90.4 Å². The number of thiophene rings is 1. The molecule has 1 aromatic heterocycles. The SMILES string of the molecule is CC1CCc2c(sc(NC(=O)CSc3cccc(NC(=O)/C(=C\c4ccc(OCc5ccccc5)cc4)NC(=O)c4ccccc4)c3)c2C#N)C1. The number of carbonyl (C=O) groups is 3. The van der Waals surface area contributed by atoms with Crippen LogP contribution in [0.1, 0.15) is 50.8 Å². The first-order valence-corrected chi connectivity index (χ1v) is 18.4. The second-order valence-electron chi connectivity index (χ2n) is 12.2. The monoisotopic (exact) mass is 712 g/mol. The van der Waals surface area contributed by atoms with Gasteiger partial charge in [0.15, 0.2) is 0 Å². The zero-order chi connectivity index (χ0) is 35.6. The van der Waals surface area contributed by atoms with Gasteiger partial charge < -0.3 is 20.7 Å². The normalized spacial score (nSPS) is 13.7. The van der Waals surface area contributed by atoms with Gasteiger partial charge in [0, 0.05) is 21.0 Å². The third kappa shape index (κ3) is 9.54. The van der Waals surface area contributed by atoms with Gasteiger partial charge in [0.05, 0.1) is 11.3 Å². The summed E-state index contributed by atoms with van der Waals surface area (Å²) in [6.45, 7) is 2.64. The number of nitriles is 1. The number of fused-ring (bicyclic) bond motifs is 1. The Labute approximate surface area is 305 Å². The Balaban J connectivity index is 1.11. The summed E-state index contributed by atoms with van der Waals surface area (Å²) < 4.78 is 5.90. The molecular formula is C41H36N4O4S2. The van der Waals surface area contributed by atoms with Crippen LogP contribution in [0.4, 0.5) is 10.7 Å². The standard InChI is InChI=1S/C41H36N4O4S2/c1-27-15-20-34-35(24-42)41(51-37(34)21-27)45-38(46)26-50-33-14-8-13-31(23-33)43-40(48)36(44-39(47)30-11-6-3-7-12-30)22-28-16-18-32(19-17-28)49-25-29-9-4-2-5-10-29/h2-14,16-19,22-23,27H,15,20-21,25-26H2,1H3,(H,43,48)(H,44,47)(H,45,46)/b36-22+. The van der Waals surface area contributed by atoms with E-state index in [-0.39, 0.29) is 17.4 Å². The first kappa shape index (κ1) is 35.2. The Morgan fingerprint density at radius 1 is 0.941 bits per heavy atom. The maximum absolute atomic E-state index is 13.6. The zero-order valence-electron chi connectivity index (χ0n) is 28.0. The number of nitrogens with one attached hydrogen (secondary N) is 3. The number of nitrogens with zero attached hydrogens (tertiary/aromatic N) is 1. The van der Waals surface area contributed by atoms with Gasteiger partial charge in [0.1, 0.15) is 29.1 Å². The number of thioether (sulfide) groups is 1. The molecule has 3 amide bonds. The molecule has 0 bridgehead atoms. The van der Waals surface area contributed by atoms with Crippen LogP contribution in [0.2, 0.25) is 0 Å². The molecule has 6 rings (SSSR count). The van der Waals surface area contributed by atoms with Crippen molar-refractivity contribution < 1.29 is 19.1 Å². The van der Waals surface area contributed by atoms with Crippen LogP contribution < -0.4 is 20.7 Å². The van der Waals surface area contributed by atoms with Crippen LogP contribution in [0.5, 0.6) is 5.75 Å². The number of hydrogen-bond donors (Lipinski definition) is 3. The summed E-state index contributed by atoms with van der Waals surface area (Å²) in [6.07, 6.45) is 4.45. The molecule has 0 aliphatic heterocycles. The highest BCUT2D eigenvalue weighted by Crippen LogP contribution is 2.39. The first-order valence-electron chi connectivity index (χ1n) is 16.6. The van der Waals surface area contributed by atoms with Crippen LogP contribution in [0.25, 0.3) is 6.08 Å². The highest BCUT2D eigenvalue weighted by molar-refractivity contribution is 8.00. The zero-order valence-corrected chi connectivity index (χ0v) is 29.6. The molecule has 5 aromatic rings. The Morgan fingerprint density at radius 3 is 2.43 bits per heavy atom. The lowest BCUT2D eigenvalue weighted by atomic mass is 9.89. The van der Waals surface area contributed by atoms with E-state index < -0.39 is 11.8 Å². The molecule has 1 aliphatic rings. The maximum atomic E-state index is 13.6. The van der Waals surface area contributed by atoms with Crippen molar-refractivity contribution >= 4 is 57.6 Å². The van der Waals surface area contributed by atoms with Gasteiger partial charge in [-0.25, -0.2) is 0 Å². The molecule has 1 aliphatic carbocycles. The minimum Gasteiger partial charge on any atom is -0.489 e. The van der Waals surface area contributed by atoms with Gasteiger partial charge in [-0.3, -0.25) is 14.4 Å². The van der Waals surface area contributed by atoms with E-state index in [1.807, 2.05) is 66.7 Å². The summed E-state index contributed by atoms with van der Waals surface area (Å²) in [4.78, 5) is 41.7. The van der Waals surface area contributed by atoms with Crippen LogP contribution in [-0.2, 0) is 29.0 Å². The second-order valence-corrected chi connectivity index (χ2v) is 14.4. The third-order valence-corrected chi connectivity index (χ3v) is 10.5. The average molecular weight is 713 g/mol. The van der Waals surface area contributed by atoms with Crippen LogP contribution in [0.3, 0.4) is 0 Å². The van der Waals surface area contributed by atoms with Crippen molar-refractivity contribution in [3.63, 3.8) is 0 Å². The first-order chi connectivity index (χ1) is 24.8. The number of anilines is 2. The van der Waals surface area contributed by atoms with Gasteiger partial charge >= 0.3 is 0 Å². The van der Waals surface area contributed by atoms with Crippen molar-refractivity contribution in [3.05, 3.63) is 148 Å². The molecule has 0 fully saturated rings. The fourth-order valence-corrected chi connectivity index (χ4v) is 7.77. The minimum absolute atomic E-state index is 0.0561. The topological polar surface area (TPSA) is 120 Å². The Bertz CT molecular complexity index is 2090. The molecule has 3 N–H and O–H groups in total. The maximum Gasteiger partial charge on any atom is 0.272 e. The number of hydrogen-bond acceptors (Lipinski definition) is 7. The van der Waals surface area contributed by atoms with Crippen molar-refractivity contribution in [1.29, 1.82) is 5.26 Å². The smallest absolute Gasteiger partial charge is 0.272 e. The quantitative estimate of drug-likeness (QED) is 0.0882. The predicted octanol–water partition coefficient (Wildman–Crippen LogP) is 8.46. The number of amides is 3. The summed E-state index contributed by atoms with van der Waals surface area (Å²) >= 11 is 2.83. The largest absolute Gasteiger partial charge is 0.489 e. The summed E-state index contributed by atoms with van der Waals surface area (Å²) in [5.74, 6) is 0.235. The Morgan fingerprint density at radius 2 is 1.69 bits per heavy atom. The number of carbonyl (C=O) groups excluding carboxylic acids is 3. The van der Waals surface area contributed by atoms with Crippen molar-refractivity contribution in [2.75, 3.05) is 16.4 Å². The molecule has 0 radical (unpaired) electrons. The number of rotatable bonds is 12. The molecule has 51 heavy (non-hydrogen) atoms. The summed E-state index contributed by atoms with van der Waals surface area (Å²) in [5, 5.41) is 19.0. The lowest BCUT2D eigenvalue weighted by Crippen LogP contribution is -2.30. The molecule has 10 heteroatoms. The fourth-order valence-electron chi connectivity index (χ4n) is 5.64. The highest BCUT2D eigenvalue weighted by atomic mass is 32.2. The second kappa shape index (κ2) is 16.9. The van der Waals surface area contributed by atoms with Gasteiger partial charge in [-0.1, -0.05) is 73.7 Å². The molecule has 0 saturated heterocycles. The summed E-state index contributed by atoms with van der Waals surface area (Å²) in [5.41, 5.74) is 4.37. The van der Waals surface area contributed by atoms with E-state index in [1.165, 1.54) is 28.0 Å². The van der Waals surface area contributed by atoms with Crippen molar-refractivity contribution in [3.8, 4) is 11.8 Å². The lowest BCUT2D eigenvalue weighted by molar-refractivity contribution is -0.114. The molecule has 1 unspecified atom stereocenters. The fraction of sp³-hybridized carbons (Fsp3) is 0.171. The van der Waals surface area contributed by atoms with E-state index in [1.54, 1.807) is 48.5 Å². The van der Waals surface area contributed by atoms with Crippen LogP contribution in [0, 0.1) is 17.2 Å². The molecule has 8 nitrogen and oxygen atoms in total. The van der Waals surface area contributed by atoms with E-state index >= 15 is 0 Å². The summed E-state index contributed by atoms with van der Waals surface area (Å²) in [6, 6.07) is 35.3. The Kier molecular flexibility index (Phi) is 11.6. The highest BCUT2D eigenvalue weighted by Gasteiger charge is 2.24. The van der Waals surface area contributed by atoms with E-state index in [4.69, 9.17) is 4.74 Å². The number of ether oxygens (including phenoxy) is 1. The number of benzene rings is 4. The van der Waals surface area contributed by atoms with E-state index in [0.29, 0.717) is 45.7 Å². The Hall–Kier alpha value is -5.63. The molecule has 4 aromatic carbocycles. The summed E-state index contributed by atoms with van der Waals surface area (Å²) in [7, 11) is 0. The van der Waals surface area contributed by atoms with Gasteiger partial charge in [0.25, 0.3) is 11.8 Å². The minimum atomic E-state index is -0.511. The van der Waals surface area contributed by atoms with Crippen molar-refractivity contribution in [1.82, 2.24) is 5.32 Å². The van der Waals surface area contributed by atoms with Gasteiger partial charge in [0.2, 0.25) is 5.91 Å². The molecule has 0 saturated carbocycles. The predicted molar refractivity (Wildman–Crippen MR) is 204 cm³/mol. The van der Waals surface area contributed by atoms with Crippen LogP contribution in [-0.4, -0.2) is 23.5 Å². The van der Waals surface area contributed by atoms with Crippen LogP contribution in [0.15, 0.2) is 120 Å². The molecule has 0 spiro atoms. The van der Waals surface area contributed by atoms with Gasteiger partial charge in [-0.2, -0.15) is 5.26 Å². The molecule has 1 heterocycles. The molecular weight excluding hydrogens is 677 g/mol. The van der Waals surface area contributed by atoms with Crippen molar-refractivity contribution in [2.24, 2.45) is 5.92 Å². The lowest BCUT2D eigenvalue weighted by Gasteiger charge is -2.17. The van der Waals surface area contributed by atoms with E-state index in [9.17, 15) is 19.6 Å². The third-order valence-electron chi connectivity index (χ3n) is 8.31.